The van der Waals surface area contributed by atoms with Crippen molar-refractivity contribution in [3.8, 4) is 5.75 Å². The predicted molar refractivity (Wildman–Crippen MR) is 84.3 cm³/mol. The summed E-state index contributed by atoms with van der Waals surface area (Å²) in [6.07, 6.45) is 0. The van der Waals surface area contributed by atoms with Crippen molar-refractivity contribution in [1.29, 1.82) is 0 Å². The fourth-order valence-electron chi connectivity index (χ4n) is 2.55. The maximum absolute atomic E-state index is 9.10. The van der Waals surface area contributed by atoms with Gasteiger partial charge in [0.2, 0.25) is 0 Å². The number of carboxylic acid groups (broad SMARTS) is 2. The molecule has 0 aromatic heterocycles. The highest BCUT2D eigenvalue weighted by Gasteiger charge is 2.40. The van der Waals surface area contributed by atoms with Gasteiger partial charge in [-0.2, -0.15) is 0 Å². The predicted octanol–water partition coefficient (Wildman–Crippen LogP) is 0.431. The molecule has 23 heavy (non-hydrogen) atoms. The lowest BCUT2D eigenvalue weighted by Gasteiger charge is -2.41. The number of nitrogens with zero attached hydrogens (tertiary/aromatic N) is 2. The summed E-state index contributed by atoms with van der Waals surface area (Å²) in [5, 5.41) is 18.1. The van der Waals surface area contributed by atoms with Crippen molar-refractivity contribution in [2.75, 3.05) is 31.6 Å². The average molecular weight is 321 g/mol. The van der Waals surface area contributed by atoms with Crippen LogP contribution < -0.4 is 15.0 Å². The number of fused-ring (bicyclic) bond motifs is 1. The number of amidine groups is 1. The smallest absolute Gasteiger partial charge is 0.414 e. The summed E-state index contributed by atoms with van der Waals surface area (Å²) < 4.78 is 6.14. The molecule has 8 nitrogen and oxygen atoms in total. The third kappa shape index (κ3) is 3.71. The zero-order chi connectivity index (χ0) is 17.0. The monoisotopic (exact) mass is 321 g/mol. The maximum atomic E-state index is 9.10. The van der Waals surface area contributed by atoms with Gasteiger partial charge in [0.25, 0.3) is 0 Å². The molecule has 0 amide bonds. The summed E-state index contributed by atoms with van der Waals surface area (Å²) >= 11 is 0. The Hall–Kier alpha value is -2.77. The lowest BCUT2D eigenvalue weighted by atomic mass is 10.0. The Balaban J connectivity index is 0.000000277. The molecule has 2 heterocycles. The minimum Gasteiger partial charge on any atom is -0.476 e. The molecule has 2 aliphatic heterocycles. The minimum absolute atomic E-state index is 0.362. The molecule has 0 bridgehead atoms. The van der Waals surface area contributed by atoms with Crippen LogP contribution in [0.25, 0.3) is 0 Å². The lowest BCUT2D eigenvalue weighted by molar-refractivity contribution is -0.159. The van der Waals surface area contributed by atoms with Gasteiger partial charge < -0.3 is 25.2 Å². The van der Waals surface area contributed by atoms with Crippen LogP contribution in [0.5, 0.6) is 5.75 Å². The fourth-order valence-corrected chi connectivity index (χ4v) is 2.55. The van der Waals surface area contributed by atoms with Crippen LogP contribution in [-0.2, 0) is 9.59 Å². The van der Waals surface area contributed by atoms with E-state index in [2.05, 4.69) is 35.2 Å². The van der Waals surface area contributed by atoms with Crippen molar-refractivity contribution in [3.05, 3.63) is 24.3 Å². The third-order valence-corrected chi connectivity index (χ3v) is 3.51. The van der Waals surface area contributed by atoms with Crippen LogP contribution in [0.4, 0.5) is 5.69 Å². The van der Waals surface area contributed by atoms with Crippen LogP contribution in [0.15, 0.2) is 29.3 Å². The normalized spacial score (nSPS) is 21.8. The van der Waals surface area contributed by atoms with Crippen molar-refractivity contribution in [1.82, 2.24) is 5.32 Å². The second-order valence-corrected chi connectivity index (χ2v) is 5.42. The number of hydrogen-bond donors (Lipinski definition) is 3. The number of anilines is 1. The number of carboxylic acids is 2. The van der Waals surface area contributed by atoms with E-state index in [1.807, 2.05) is 18.2 Å². The molecule has 124 valence electrons. The first kappa shape index (κ1) is 16.6. The number of ether oxygens (including phenoxy) is 1. The zero-order valence-electron chi connectivity index (χ0n) is 12.9. The Bertz CT molecular complexity index is 634. The molecular weight excluding hydrogens is 302 g/mol. The molecule has 2 aliphatic rings. The van der Waals surface area contributed by atoms with Gasteiger partial charge >= 0.3 is 11.9 Å². The number of carbonyl (C=O) groups is 2. The highest BCUT2D eigenvalue weighted by molar-refractivity contribution is 6.27. The number of aliphatic imine (C=N–C) groups is 1. The topological polar surface area (TPSA) is 111 Å². The second-order valence-electron chi connectivity index (χ2n) is 5.42. The minimum atomic E-state index is -1.82. The summed E-state index contributed by atoms with van der Waals surface area (Å²) in [6.45, 7) is 4.67. The van der Waals surface area contributed by atoms with E-state index >= 15 is 0 Å². The van der Waals surface area contributed by atoms with Gasteiger partial charge in [0.1, 0.15) is 11.6 Å². The molecule has 3 rings (SSSR count). The number of aliphatic carboxylic acids is 2. The summed E-state index contributed by atoms with van der Waals surface area (Å²) in [5.41, 5.74) is 0.781. The van der Waals surface area contributed by atoms with E-state index in [0.717, 1.165) is 36.9 Å². The van der Waals surface area contributed by atoms with Gasteiger partial charge in [-0.25, -0.2) is 9.59 Å². The molecule has 1 atom stereocenters. The molecule has 1 aromatic rings. The van der Waals surface area contributed by atoms with Gasteiger partial charge in [0, 0.05) is 13.6 Å². The molecule has 0 saturated heterocycles. The van der Waals surface area contributed by atoms with E-state index in [1.165, 1.54) is 0 Å². The largest absolute Gasteiger partial charge is 0.476 e. The van der Waals surface area contributed by atoms with Crippen LogP contribution in [0.3, 0.4) is 0 Å². The van der Waals surface area contributed by atoms with E-state index in [1.54, 1.807) is 0 Å². The Labute approximate surface area is 133 Å². The van der Waals surface area contributed by atoms with Crippen LogP contribution in [0, 0.1) is 0 Å². The van der Waals surface area contributed by atoms with Gasteiger partial charge in [-0.3, -0.25) is 4.99 Å². The molecule has 0 fully saturated rings. The van der Waals surface area contributed by atoms with Gasteiger partial charge in [-0.05, 0) is 19.1 Å². The summed E-state index contributed by atoms with van der Waals surface area (Å²) in [4.78, 5) is 24.9. The molecule has 0 spiro atoms. The maximum Gasteiger partial charge on any atom is 0.414 e. The zero-order valence-corrected chi connectivity index (χ0v) is 12.9. The first-order valence-corrected chi connectivity index (χ1v) is 7.08. The molecule has 0 saturated carbocycles. The van der Waals surface area contributed by atoms with Crippen LogP contribution in [0.1, 0.15) is 6.92 Å². The van der Waals surface area contributed by atoms with E-state index in [9.17, 15) is 0 Å². The van der Waals surface area contributed by atoms with E-state index in [-0.39, 0.29) is 5.60 Å². The number of benzene rings is 1. The quantitative estimate of drug-likeness (QED) is 0.643. The van der Waals surface area contributed by atoms with Crippen LogP contribution in [-0.4, -0.2) is 60.3 Å². The fraction of sp³-hybridized carbons (Fsp3) is 0.400. The number of nitrogens with one attached hydrogen (secondary N) is 1. The van der Waals surface area contributed by atoms with Gasteiger partial charge in [0.15, 0.2) is 5.60 Å². The highest BCUT2D eigenvalue weighted by atomic mass is 16.5. The highest BCUT2D eigenvalue weighted by Crippen LogP contribution is 2.36. The van der Waals surface area contributed by atoms with Gasteiger partial charge in [-0.1, -0.05) is 12.1 Å². The number of likely N-dealkylation sites (N-methyl/N-ethyl adjacent to an activating group) is 1. The van der Waals surface area contributed by atoms with Gasteiger partial charge in [0.05, 0.1) is 18.8 Å². The molecule has 3 N–H and O–H groups in total. The Morgan fingerprint density at radius 2 is 1.96 bits per heavy atom. The molecule has 1 unspecified atom stereocenters. The van der Waals surface area contributed by atoms with Crippen LogP contribution in [0.2, 0.25) is 0 Å². The van der Waals surface area contributed by atoms with E-state index in [0.29, 0.717) is 0 Å². The first-order valence-electron chi connectivity index (χ1n) is 7.08. The van der Waals surface area contributed by atoms with Crippen molar-refractivity contribution < 1.29 is 24.5 Å². The standard InChI is InChI=1S/C13H17N3O.C2H2O4/c1-13(12-14-7-8-15-12)9-16(2)10-5-3-4-6-11(10)17-13;3-1(4)2(5)6/h3-6H,7-9H2,1-2H3,(H,14,15);(H,3,4)(H,5,6). The summed E-state index contributed by atoms with van der Waals surface area (Å²) in [7, 11) is 2.09. The third-order valence-electron chi connectivity index (χ3n) is 3.51. The molecule has 0 aliphatic carbocycles. The van der Waals surface area contributed by atoms with Gasteiger partial charge in [-0.15, -0.1) is 0 Å². The van der Waals surface area contributed by atoms with Crippen molar-refractivity contribution in [2.24, 2.45) is 4.99 Å². The van der Waals surface area contributed by atoms with Crippen molar-refractivity contribution in [2.45, 2.75) is 12.5 Å². The summed E-state index contributed by atoms with van der Waals surface area (Å²) in [6, 6.07) is 8.13. The van der Waals surface area contributed by atoms with Crippen molar-refractivity contribution in [3.63, 3.8) is 0 Å². The van der Waals surface area contributed by atoms with E-state index in [4.69, 9.17) is 24.5 Å². The molecule has 0 radical (unpaired) electrons. The second kappa shape index (κ2) is 6.55. The lowest BCUT2D eigenvalue weighted by Crippen LogP contribution is -2.56. The molecular formula is C15H19N3O5. The number of rotatable bonds is 1. The summed E-state index contributed by atoms with van der Waals surface area (Å²) in [5.74, 6) is -1.75. The SMILES string of the molecule is CN1CC(C)(C2=NCCN2)Oc2ccccc21.O=C(O)C(=O)O. The van der Waals surface area contributed by atoms with Crippen LogP contribution >= 0.6 is 0 Å². The Kier molecular flexibility index (Phi) is 4.73. The molecule has 1 aromatic carbocycles. The number of para-hydroxylation sites is 2. The van der Waals surface area contributed by atoms with Crippen molar-refractivity contribution >= 4 is 23.5 Å². The Morgan fingerprint density at radius 1 is 1.30 bits per heavy atom. The van der Waals surface area contributed by atoms with E-state index < -0.39 is 11.9 Å². The Morgan fingerprint density at radius 3 is 2.52 bits per heavy atom. The molecule has 8 heteroatoms. The first-order chi connectivity index (χ1) is 10.8. The average Bonchev–Trinajstić information content (AvgIpc) is 3.02. The number of hydrogen-bond acceptors (Lipinski definition) is 6.